The van der Waals surface area contributed by atoms with Gasteiger partial charge in [-0.05, 0) is 61.8 Å². The van der Waals surface area contributed by atoms with Gasteiger partial charge in [0.05, 0.1) is 11.4 Å². The Bertz CT molecular complexity index is 727. The van der Waals surface area contributed by atoms with Crippen molar-refractivity contribution in [2.45, 2.75) is 55.8 Å². The largest absolute Gasteiger partial charge is 0.480 e. The van der Waals surface area contributed by atoms with Gasteiger partial charge in [-0.1, -0.05) is 31.4 Å². The molecule has 1 saturated heterocycles. The van der Waals surface area contributed by atoms with Crippen molar-refractivity contribution in [2.75, 3.05) is 26.2 Å². The lowest BCUT2D eigenvalue weighted by Crippen LogP contribution is -2.43. The van der Waals surface area contributed by atoms with Gasteiger partial charge in [0, 0.05) is 13.1 Å². The van der Waals surface area contributed by atoms with Gasteiger partial charge in [-0.2, -0.15) is 4.31 Å². The van der Waals surface area contributed by atoms with Gasteiger partial charge in [0.15, 0.2) is 0 Å². The summed E-state index contributed by atoms with van der Waals surface area (Å²) >= 11 is 0. The number of piperidine rings is 1. The Labute approximate surface area is 162 Å². The molecule has 1 unspecified atom stereocenters. The first-order chi connectivity index (χ1) is 13.0. The van der Waals surface area contributed by atoms with Crippen molar-refractivity contribution in [3.05, 3.63) is 29.8 Å². The molecule has 0 bridgehead atoms. The predicted molar refractivity (Wildman–Crippen MR) is 104 cm³/mol. The second-order valence-corrected chi connectivity index (χ2v) is 9.74. The van der Waals surface area contributed by atoms with Crippen molar-refractivity contribution in [3.8, 4) is 0 Å². The number of benzene rings is 1. The van der Waals surface area contributed by atoms with Crippen molar-refractivity contribution in [2.24, 2.45) is 5.92 Å². The molecule has 1 aliphatic carbocycles. The van der Waals surface area contributed by atoms with Gasteiger partial charge in [-0.15, -0.1) is 0 Å². The van der Waals surface area contributed by atoms with Crippen LogP contribution in [0.25, 0.3) is 0 Å². The number of hydrogen-bond acceptors (Lipinski definition) is 4. The average molecular weight is 395 g/mol. The zero-order valence-electron chi connectivity index (χ0n) is 15.8. The lowest BCUT2D eigenvalue weighted by molar-refractivity contribution is -0.136. The zero-order valence-corrected chi connectivity index (χ0v) is 16.6. The highest BCUT2D eigenvalue weighted by atomic mass is 32.2. The summed E-state index contributed by atoms with van der Waals surface area (Å²) in [5.41, 5.74) is 1.25. The minimum atomic E-state index is -3.49. The summed E-state index contributed by atoms with van der Waals surface area (Å²) in [6, 6.07) is 7.48. The number of carboxylic acid groups (broad SMARTS) is 1. The van der Waals surface area contributed by atoms with Crippen LogP contribution in [0.1, 0.15) is 56.4 Å². The standard InChI is InChI=1S/C20H30N2O4S/c23-20(24)14-21-13-16-5-4-12-22(15-16)27(25,26)19-10-8-18(9-11-19)17-6-2-1-3-7-17/h8-11,16-17,21H,1-7,12-15H2,(H,23,24). The van der Waals surface area contributed by atoms with E-state index in [1.807, 2.05) is 12.1 Å². The number of carboxylic acids is 1. The van der Waals surface area contributed by atoms with E-state index in [2.05, 4.69) is 5.32 Å². The smallest absolute Gasteiger partial charge is 0.317 e. The van der Waals surface area contributed by atoms with Crippen LogP contribution in [0, 0.1) is 5.92 Å². The van der Waals surface area contributed by atoms with Crippen molar-refractivity contribution in [3.63, 3.8) is 0 Å². The monoisotopic (exact) mass is 394 g/mol. The van der Waals surface area contributed by atoms with Gasteiger partial charge in [0.25, 0.3) is 0 Å². The van der Waals surface area contributed by atoms with Crippen molar-refractivity contribution in [1.29, 1.82) is 0 Å². The van der Waals surface area contributed by atoms with Crippen LogP contribution in [0.5, 0.6) is 0 Å². The first-order valence-electron chi connectivity index (χ1n) is 9.99. The summed E-state index contributed by atoms with van der Waals surface area (Å²) < 4.78 is 27.6. The summed E-state index contributed by atoms with van der Waals surface area (Å²) in [5, 5.41) is 11.6. The minimum Gasteiger partial charge on any atom is -0.480 e. The Morgan fingerprint density at radius 2 is 1.78 bits per heavy atom. The number of rotatable bonds is 7. The van der Waals surface area contributed by atoms with Gasteiger partial charge in [0.1, 0.15) is 0 Å². The van der Waals surface area contributed by atoms with Gasteiger partial charge in [-0.3, -0.25) is 4.79 Å². The molecule has 1 aliphatic heterocycles. The third kappa shape index (κ3) is 5.30. The van der Waals surface area contributed by atoms with Crippen molar-refractivity contribution in [1.82, 2.24) is 9.62 Å². The van der Waals surface area contributed by atoms with E-state index in [9.17, 15) is 13.2 Å². The summed E-state index contributed by atoms with van der Waals surface area (Å²) in [7, 11) is -3.49. The number of carbonyl (C=O) groups is 1. The molecular formula is C20H30N2O4S. The molecule has 1 aromatic carbocycles. The molecule has 6 nitrogen and oxygen atoms in total. The van der Waals surface area contributed by atoms with E-state index in [0.29, 0.717) is 30.4 Å². The Morgan fingerprint density at radius 1 is 1.07 bits per heavy atom. The van der Waals surface area contributed by atoms with Gasteiger partial charge in [0.2, 0.25) is 10.0 Å². The van der Waals surface area contributed by atoms with Gasteiger partial charge in [-0.25, -0.2) is 8.42 Å². The van der Waals surface area contributed by atoms with Gasteiger partial charge < -0.3 is 10.4 Å². The Morgan fingerprint density at radius 3 is 2.44 bits per heavy atom. The Kier molecular flexibility index (Phi) is 6.89. The predicted octanol–water partition coefficient (Wildman–Crippen LogP) is 2.81. The number of hydrogen-bond donors (Lipinski definition) is 2. The topological polar surface area (TPSA) is 86.7 Å². The average Bonchev–Trinajstić information content (AvgIpc) is 2.69. The number of aliphatic carboxylic acids is 1. The highest BCUT2D eigenvalue weighted by molar-refractivity contribution is 7.89. The van der Waals surface area contributed by atoms with E-state index < -0.39 is 16.0 Å². The number of sulfonamides is 1. The molecule has 1 aromatic rings. The molecular weight excluding hydrogens is 364 g/mol. The first-order valence-corrected chi connectivity index (χ1v) is 11.4. The third-order valence-electron chi connectivity index (χ3n) is 5.79. The Hall–Kier alpha value is -1.44. The zero-order chi connectivity index (χ0) is 19.3. The van der Waals surface area contributed by atoms with Crippen LogP contribution in [0.15, 0.2) is 29.2 Å². The second kappa shape index (κ2) is 9.17. The highest BCUT2D eigenvalue weighted by Gasteiger charge is 2.30. The summed E-state index contributed by atoms with van der Waals surface area (Å²) in [6.45, 7) is 1.41. The lowest BCUT2D eigenvalue weighted by atomic mass is 9.84. The van der Waals surface area contributed by atoms with Crippen LogP contribution in [-0.2, 0) is 14.8 Å². The minimum absolute atomic E-state index is 0.0914. The normalized spacial score (nSPS) is 22.6. The maximum atomic E-state index is 13.0. The molecule has 0 radical (unpaired) electrons. The number of nitrogens with zero attached hydrogens (tertiary/aromatic N) is 1. The van der Waals surface area contributed by atoms with E-state index in [0.717, 1.165) is 12.8 Å². The highest BCUT2D eigenvalue weighted by Crippen LogP contribution is 2.33. The van der Waals surface area contributed by atoms with Gasteiger partial charge >= 0.3 is 5.97 Å². The summed E-state index contributed by atoms with van der Waals surface area (Å²) in [4.78, 5) is 11.0. The molecule has 2 N–H and O–H groups in total. The molecule has 2 fully saturated rings. The summed E-state index contributed by atoms with van der Waals surface area (Å²) in [5.74, 6) is -0.182. The van der Waals surface area contributed by atoms with E-state index in [1.54, 1.807) is 16.4 Å². The quantitative estimate of drug-likeness (QED) is 0.743. The molecule has 7 heteroatoms. The molecule has 1 atom stereocenters. The molecule has 2 aliphatic rings. The van der Waals surface area contributed by atoms with E-state index >= 15 is 0 Å². The number of nitrogens with one attached hydrogen (secondary N) is 1. The molecule has 1 heterocycles. The van der Waals surface area contributed by atoms with Crippen molar-refractivity contribution >= 4 is 16.0 Å². The third-order valence-corrected chi connectivity index (χ3v) is 7.66. The first kappa shape index (κ1) is 20.3. The lowest BCUT2D eigenvalue weighted by Gasteiger charge is -2.32. The molecule has 150 valence electrons. The van der Waals surface area contributed by atoms with Crippen LogP contribution in [0.2, 0.25) is 0 Å². The Balaban J connectivity index is 1.63. The van der Waals surface area contributed by atoms with E-state index in [4.69, 9.17) is 5.11 Å². The van der Waals surface area contributed by atoms with Crippen LogP contribution >= 0.6 is 0 Å². The van der Waals surface area contributed by atoms with Crippen molar-refractivity contribution < 1.29 is 18.3 Å². The molecule has 3 rings (SSSR count). The fourth-order valence-corrected chi connectivity index (χ4v) is 5.85. The van der Waals surface area contributed by atoms with Crippen LogP contribution in [0.4, 0.5) is 0 Å². The second-order valence-electron chi connectivity index (χ2n) is 7.80. The maximum absolute atomic E-state index is 13.0. The van der Waals surface area contributed by atoms with Crippen LogP contribution in [-0.4, -0.2) is 50.0 Å². The fraction of sp³-hybridized carbons (Fsp3) is 0.650. The van der Waals surface area contributed by atoms with E-state index in [1.165, 1.54) is 37.7 Å². The SMILES string of the molecule is O=C(O)CNCC1CCCN(S(=O)(=O)c2ccc(C3CCCCC3)cc2)C1. The molecule has 0 amide bonds. The molecule has 0 spiro atoms. The molecule has 0 aromatic heterocycles. The molecule has 27 heavy (non-hydrogen) atoms. The summed E-state index contributed by atoms with van der Waals surface area (Å²) in [6.07, 6.45) is 7.94. The molecule has 1 saturated carbocycles. The maximum Gasteiger partial charge on any atom is 0.317 e. The van der Waals surface area contributed by atoms with Crippen LogP contribution in [0.3, 0.4) is 0 Å². The fourth-order valence-electron chi connectivity index (χ4n) is 4.29. The van der Waals surface area contributed by atoms with E-state index in [-0.39, 0.29) is 12.5 Å². The van der Waals surface area contributed by atoms with Crippen LogP contribution < -0.4 is 5.32 Å².